The molecular formula is C15H23N3O2. The van der Waals surface area contributed by atoms with E-state index in [2.05, 4.69) is 24.2 Å². The second kappa shape index (κ2) is 6.81. The summed E-state index contributed by atoms with van der Waals surface area (Å²) >= 11 is 0. The highest BCUT2D eigenvalue weighted by Crippen LogP contribution is 2.23. The number of benzene rings is 1. The lowest BCUT2D eigenvalue weighted by Crippen LogP contribution is -2.45. The van der Waals surface area contributed by atoms with Crippen molar-refractivity contribution in [2.24, 2.45) is 0 Å². The molecule has 1 fully saturated rings. The van der Waals surface area contributed by atoms with Crippen molar-refractivity contribution in [1.82, 2.24) is 10.2 Å². The van der Waals surface area contributed by atoms with Crippen LogP contribution in [0.1, 0.15) is 37.8 Å². The zero-order valence-corrected chi connectivity index (χ0v) is 12.2. The predicted molar refractivity (Wildman–Crippen MR) is 79.8 cm³/mol. The van der Waals surface area contributed by atoms with Gasteiger partial charge in [0, 0.05) is 30.8 Å². The Morgan fingerprint density at radius 3 is 3.00 bits per heavy atom. The van der Waals surface area contributed by atoms with E-state index >= 15 is 0 Å². The maximum Gasteiger partial charge on any atom is 0.269 e. The first-order valence-electron chi connectivity index (χ1n) is 7.29. The van der Waals surface area contributed by atoms with Crippen LogP contribution in [0.5, 0.6) is 0 Å². The summed E-state index contributed by atoms with van der Waals surface area (Å²) in [4.78, 5) is 12.9. The van der Waals surface area contributed by atoms with Crippen molar-refractivity contribution in [1.29, 1.82) is 0 Å². The molecule has 0 aromatic heterocycles. The van der Waals surface area contributed by atoms with Crippen LogP contribution in [0.15, 0.2) is 24.3 Å². The van der Waals surface area contributed by atoms with Crippen molar-refractivity contribution < 1.29 is 4.92 Å². The van der Waals surface area contributed by atoms with Crippen LogP contribution in [0.2, 0.25) is 0 Å². The number of likely N-dealkylation sites (N-methyl/N-ethyl adjacent to an activating group) is 1. The van der Waals surface area contributed by atoms with Crippen molar-refractivity contribution in [3.05, 3.63) is 39.9 Å². The summed E-state index contributed by atoms with van der Waals surface area (Å²) in [5, 5.41) is 14.5. The Balaban J connectivity index is 2.07. The summed E-state index contributed by atoms with van der Waals surface area (Å²) in [6.45, 7) is 4.32. The first-order chi connectivity index (χ1) is 9.60. The van der Waals surface area contributed by atoms with Crippen LogP contribution in [0.3, 0.4) is 0 Å². The molecule has 5 nitrogen and oxygen atoms in total. The van der Waals surface area contributed by atoms with Crippen molar-refractivity contribution in [3.63, 3.8) is 0 Å². The predicted octanol–water partition coefficient (Wildman–Crippen LogP) is 2.73. The second-order valence-corrected chi connectivity index (χ2v) is 5.58. The van der Waals surface area contributed by atoms with Gasteiger partial charge in [0.25, 0.3) is 5.69 Å². The average molecular weight is 277 g/mol. The summed E-state index contributed by atoms with van der Waals surface area (Å²) in [6, 6.07) is 7.63. The second-order valence-electron chi connectivity index (χ2n) is 5.58. The summed E-state index contributed by atoms with van der Waals surface area (Å²) in [5.74, 6) is 0. The summed E-state index contributed by atoms with van der Waals surface area (Å²) in [5.41, 5.74) is 1.18. The molecule has 1 aromatic rings. The molecule has 1 N–H and O–H groups in total. The van der Waals surface area contributed by atoms with Gasteiger partial charge >= 0.3 is 0 Å². The lowest BCUT2D eigenvalue weighted by Gasteiger charge is -2.33. The van der Waals surface area contributed by atoms with Gasteiger partial charge in [-0.1, -0.05) is 19.1 Å². The molecule has 1 heterocycles. The van der Waals surface area contributed by atoms with Crippen LogP contribution in [-0.4, -0.2) is 36.0 Å². The number of rotatable bonds is 5. The summed E-state index contributed by atoms with van der Waals surface area (Å²) in [6.07, 6.45) is 3.32. The molecule has 2 unspecified atom stereocenters. The average Bonchev–Trinajstić information content (AvgIpc) is 2.45. The summed E-state index contributed by atoms with van der Waals surface area (Å²) in [7, 11) is 2.14. The fraction of sp³-hybridized carbons (Fsp3) is 0.600. The van der Waals surface area contributed by atoms with E-state index in [0.29, 0.717) is 6.04 Å². The number of piperidine rings is 1. The van der Waals surface area contributed by atoms with Gasteiger partial charge in [-0.2, -0.15) is 0 Å². The molecule has 1 aliphatic rings. The van der Waals surface area contributed by atoms with Gasteiger partial charge in [0.05, 0.1) is 4.92 Å². The Bertz CT molecular complexity index is 464. The number of likely N-dealkylation sites (tertiary alicyclic amines) is 1. The first-order valence-corrected chi connectivity index (χ1v) is 7.29. The maximum atomic E-state index is 10.9. The summed E-state index contributed by atoms with van der Waals surface area (Å²) < 4.78 is 0. The SMILES string of the molecule is CCC(NC1CCCN(C)C1)c1cccc([N+](=O)[O-])c1. The Morgan fingerprint density at radius 2 is 2.35 bits per heavy atom. The highest BCUT2D eigenvalue weighted by Gasteiger charge is 2.21. The molecule has 5 heteroatoms. The Hall–Kier alpha value is -1.46. The number of nitrogens with zero attached hydrogens (tertiary/aromatic N) is 2. The van der Waals surface area contributed by atoms with Crippen molar-refractivity contribution >= 4 is 5.69 Å². The molecular weight excluding hydrogens is 254 g/mol. The van der Waals surface area contributed by atoms with Crippen LogP contribution in [-0.2, 0) is 0 Å². The van der Waals surface area contributed by atoms with Crippen LogP contribution < -0.4 is 5.32 Å². The molecule has 1 saturated heterocycles. The molecule has 110 valence electrons. The molecule has 1 aliphatic heterocycles. The van der Waals surface area contributed by atoms with Gasteiger partial charge in [-0.25, -0.2) is 0 Å². The molecule has 0 amide bonds. The van der Waals surface area contributed by atoms with Gasteiger partial charge in [-0.15, -0.1) is 0 Å². The van der Waals surface area contributed by atoms with Crippen LogP contribution in [0, 0.1) is 10.1 Å². The Morgan fingerprint density at radius 1 is 1.55 bits per heavy atom. The van der Waals surface area contributed by atoms with Gasteiger partial charge in [-0.05, 0) is 38.4 Å². The van der Waals surface area contributed by atoms with Crippen molar-refractivity contribution in [3.8, 4) is 0 Å². The van der Waals surface area contributed by atoms with E-state index in [4.69, 9.17) is 0 Å². The van der Waals surface area contributed by atoms with Gasteiger partial charge in [0.15, 0.2) is 0 Å². The fourth-order valence-electron chi connectivity index (χ4n) is 2.89. The van der Waals surface area contributed by atoms with Gasteiger partial charge in [-0.3, -0.25) is 10.1 Å². The van der Waals surface area contributed by atoms with E-state index in [1.807, 2.05) is 6.07 Å². The highest BCUT2D eigenvalue weighted by molar-refractivity contribution is 5.35. The number of nitrogens with one attached hydrogen (secondary N) is 1. The standard InChI is InChI=1S/C15H23N3O2/c1-3-15(16-13-7-5-9-17(2)11-13)12-6-4-8-14(10-12)18(19)20/h4,6,8,10,13,15-16H,3,5,7,9,11H2,1-2H3. The lowest BCUT2D eigenvalue weighted by molar-refractivity contribution is -0.384. The molecule has 1 aromatic carbocycles. The topological polar surface area (TPSA) is 58.4 Å². The van der Waals surface area contributed by atoms with Crippen molar-refractivity contribution in [2.75, 3.05) is 20.1 Å². The van der Waals surface area contributed by atoms with Crippen molar-refractivity contribution in [2.45, 2.75) is 38.3 Å². The minimum atomic E-state index is -0.329. The molecule has 0 saturated carbocycles. The van der Waals surface area contributed by atoms with E-state index < -0.39 is 0 Å². The van der Waals surface area contributed by atoms with Gasteiger partial charge in [0.1, 0.15) is 0 Å². The largest absolute Gasteiger partial charge is 0.306 e. The quantitative estimate of drug-likeness (QED) is 0.664. The van der Waals surface area contributed by atoms with E-state index in [9.17, 15) is 10.1 Å². The van der Waals surface area contributed by atoms with Gasteiger partial charge in [0.2, 0.25) is 0 Å². The van der Waals surface area contributed by atoms with Crippen LogP contribution in [0.25, 0.3) is 0 Å². The molecule has 2 atom stereocenters. The minimum absolute atomic E-state index is 0.170. The van der Waals surface area contributed by atoms with Gasteiger partial charge < -0.3 is 10.2 Å². The number of hydrogen-bond donors (Lipinski definition) is 1. The minimum Gasteiger partial charge on any atom is -0.306 e. The molecule has 0 spiro atoms. The van der Waals surface area contributed by atoms with Crippen LogP contribution in [0.4, 0.5) is 5.69 Å². The smallest absolute Gasteiger partial charge is 0.269 e. The third-order valence-electron chi connectivity index (χ3n) is 3.95. The Kier molecular flexibility index (Phi) is 5.09. The fourth-order valence-corrected chi connectivity index (χ4v) is 2.89. The third-order valence-corrected chi connectivity index (χ3v) is 3.95. The maximum absolute atomic E-state index is 10.9. The molecule has 0 bridgehead atoms. The number of hydrogen-bond acceptors (Lipinski definition) is 4. The number of nitro groups is 1. The molecule has 20 heavy (non-hydrogen) atoms. The lowest BCUT2D eigenvalue weighted by atomic mass is 10.00. The Labute approximate surface area is 120 Å². The monoisotopic (exact) mass is 277 g/mol. The molecule has 0 aliphatic carbocycles. The third kappa shape index (κ3) is 3.77. The number of nitro benzene ring substituents is 1. The van der Waals surface area contributed by atoms with E-state index in [1.54, 1.807) is 18.2 Å². The number of non-ortho nitro benzene ring substituents is 1. The molecule has 0 radical (unpaired) electrons. The first kappa shape index (κ1) is 14.9. The zero-order chi connectivity index (χ0) is 14.5. The van der Waals surface area contributed by atoms with E-state index in [0.717, 1.165) is 25.1 Å². The molecule has 2 rings (SSSR count). The zero-order valence-electron chi connectivity index (χ0n) is 12.2. The van der Waals surface area contributed by atoms with E-state index in [1.165, 1.54) is 12.8 Å². The van der Waals surface area contributed by atoms with E-state index in [-0.39, 0.29) is 16.7 Å². The van der Waals surface area contributed by atoms with Crippen LogP contribution >= 0.6 is 0 Å². The normalized spacial score (nSPS) is 21.6. The highest BCUT2D eigenvalue weighted by atomic mass is 16.6.